The third-order valence-electron chi connectivity index (χ3n) is 5.38. The van der Waals surface area contributed by atoms with E-state index in [-0.39, 0.29) is 19.3 Å². The van der Waals surface area contributed by atoms with E-state index in [4.69, 9.17) is 0 Å². The minimum Gasteiger partial charge on any atom is -0.395 e. The molecule has 0 spiro atoms. The van der Waals surface area contributed by atoms with Crippen LogP contribution in [0, 0.1) is 0 Å². The molecular weight excluding hydrogens is 306 g/mol. The third-order valence-corrected chi connectivity index (χ3v) is 5.38. The molecule has 4 N–H and O–H groups in total. The van der Waals surface area contributed by atoms with E-state index in [9.17, 15) is 20.4 Å². The first kappa shape index (κ1) is 15.7. The number of hydrogen-bond donors (Lipinski definition) is 4. The SMILES string of the molecule is OC[C@@H]1[C@@H](O)[C@H](O)[C@H](CO)N1C1c2ccccc2-c2ccccc21. The summed E-state index contributed by atoms with van der Waals surface area (Å²) in [4.78, 5) is 1.88. The van der Waals surface area contributed by atoms with Crippen LogP contribution in [0.2, 0.25) is 0 Å². The summed E-state index contributed by atoms with van der Waals surface area (Å²) in [5, 5.41) is 40.2. The highest BCUT2D eigenvalue weighted by Crippen LogP contribution is 2.49. The van der Waals surface area contributed by atoms with Crippen LogP contribution in [-0.2, 0) is 0 Å². The first-order valence-electron chi connectivity index (χ1n) is 8.22. The van der Waals surface area contributed by atoms with Gasteiger partial charge in [-0.05, 0) is 22.3 Å². The van der Waals surface area contributed by atoms with Crippen molar-refractivity contribution in [3.63, 3.8) is 0 Å². The third kappa shape index (κ3) is 2.06. The van der Waals surface area contributed by atoms with E-state index in [1.54, 1.807) is 0 Å². The van der Waals surface area contributed by atoms with E-state index in [2.05, 4.69) is 12.1 Å². The van der Waals surface area contributed by atoms with Crippen LogP contribution in [0.1, 0.15) is 17.2 Å². The Morgan fingerprint density at radius 3 is 1.54 bits per heavy atom. The molecular formula is C19H21NO4. The van der Waals surface area contributed by atoms with Gasteiger partial charge in [0.05, 0.1) is 43.5 Å². The van der Waals surface area contributed by atoms with Crippen molar-refractivity contribution >= 4 is 0 Å². The molecule has 24 heavy (non-hydrogen) atoms. The minimum atomic E-state index is -1.09. The maximum atomic E-state index is 10.3. The zero-order valence-electron chi connectivity index (χ0n) is 13.2. The molecule has 1 aliphatic heterocycles. The molecule has 1 aliphatic carbocycles. The molecule has 1 fully saturated rings. The monoisotopic (exact) mass is 327 g/mol. The number of aliphatic hydroxyl groups excluding tert-OH is 4. The van der Waals surface area contributed by atoms with Crippen molar-refractivity contribution in [3.8, 4) is 11.1 Å². The summed E-state index contributed by atoms with van der Waals surface area (Å²) in [6.07, 6.45) is -2.18. The molecule has 1 heterocycles. The van der Waals surface area contributed by atoms with E-state index in [1.807, 2.05) is 41.3 Å². The van der Waals surface area contributed by atoms with Gasteiger partial charge in [-0.25, -0.2) is 0 Å². The van der Waals surface area contributed by atoms with Crippen LogP contribution in [0.25, 0.3) is 11.1 Å². The lowest BCUT2D eigenvalue weighted by atomic mass is 10.0. The highest BCUT2D eigenvalue weighted by molar-refractivity contribution is 5.78. The van der Waals surface area contributed by atoms with Crippen molar-refractivity contribution in [2.75, 3.05) is 13.2 Å². The van der Waals surface area contributed by atoms with Crippen molar-refractivity contribution < 1.29 is 20.4 Å². The first-order chi connectivity index (χ1) is 11.7. The first-order valence-corrected chi connectivity index (χ1v) is 8.22. The summed E-state index contributed by atoms with van der Waals surface area (Å²) in [5.74, 6) is 0. The molecule has 0 saturated carbocycles. The summed E-state index contributed by atoms with van der Waals surface area (Å²) < 4.78 is 0. The molecule has 2 aromatic carbocycles. The average molecular weight is 327 g/mol. The molecule has 0 amide bonds. The quantitative estimate of drug-likeness (QED) is 0.660. The van der Waals surface area contributed by atoms with Crippen LogP contribution in [-0.4, -0.2) is 62.8 Å². The lowest BCUT2D eigenvalue weighted by molar-refractivity contribution is 0.0130. The standard InChI is InChI=1S/C19H21NO4/c21-9-15-18(23)19(24)16(10-22)20(15)17-13-7-3-1-5-11(13)12-6-2-4-8-14(12)17/h1-8,15-19,21-24H,9-10H2/t15-,16+,18-,19-/m1/s1. The Morgan fingerprint density at radius 1 is 0.708 bits per heavy atom. The molecule has 5 heteroatoms. The van der Waals surface area contributed by atoms with Crippen molar-refractivity contribution in [3.05, 3.63) is 59.7 Å². The predicted molar refractivity (Wildman–Crippen MR) is 89.3 cm³/mol. The van der Waals surface area contributed by atoms with Gasteiger partial charge < -0.3 is 20.4 Å². The zero-order valence-corrected chi connectivity index (χ0v) is 13.2. The molecule has 0 bridgehead atoms. The number of fused-ring (bicyclic) bond motifs is 3. The maximum Gasteiger partial charge on any atom is 0.0992 e. The van der Waals surface area contributed by atoms with Crippen LogP contribution < -0.4 is 0 Å². The highest BCUT2D eigenvalue weighted by atomic mass is 16.3. The fourth-order valence-corrected chi connectivity index (χ4v) is 4.29. The molecule has 2 aromatic rings. The summed E-state index contributed by atoms with van der Waals surface area (Å²) in [7, 11) is 0. The van der Waals surface area contributed by atoms with E-state index in [0.717, 1.165) is 22.3 Å². The summed E-state index contributed by atoms with van der Waals surface area (Å²) in [6.45, 7) is -0.564. The topological polar surface area (TPSA) is 84.2 Å². The minimum absolute atomic E-state index is 0.210. The van der Waals surface area contributed by atoms with E-state index < -0.39 is 24.3 Å². The molecule has 2 aliphatic rings. The Balaban J connectivity index is 1.89. The lowest BCUT2D eigenvalue weighted by Gasteiger charge is -2.35. The van der Waals surface area contributed by atoms with Crippen LogP contribution in [0.4, 0.5) is 0 Å². The number of benzene rings is 2. The normalized spacial score (nSPS) is 29.7. The van der Waals surface area contributed by atoms with Crippen molar-refractivity contribution in [2.45, 2.75) is 30.3 Å². The molecule has 4 atom stereocenters. The Morgan fingerprint density at radius 2 is 1.12 bits per heavy atom. The summed E-state index contributed by atoms with van der Waals surface area (Å²) in [5.41, 5.74) is 4.36. The largest absolute Gasteiger partial charge is 0.395 e. The smallest absolute Gasteiger partial charge is 0.0992 e. The zero-order chi connectivity index (χ0) is 16.8. The molecule has 126 valence electrons. The van der Waals surface area contributed by atoms with E-state index in [0.29, 0.717) is 0 Å². The van der Waals surface area contributed by atoms with E-state index in [1.165, 1.54) is 0 Å². The van der Waals surface area contributed by atoms with Gasteiger partial charge >= 0.3 is 0 Å². The van der Waals surface area contributed by atoms with Crippen molar-refractivity contribution in [1.82, 2.24) is 4.90 Å². The average Bonchev–Trinajstić information content (AvgIpc) is 3.07. The fourth-order valence-electron chi connectivity index (χ4n) is 4.29. The van der Waals surface area contributed by atoms with Gasteiger partial charge in [-0.15, -0.1) is 0 Å². The Hall–Kier alpha value is -1.76. The van der Waals surface area contributed by atoms with Gasteiger partial charge in [0.25, 0.3) is 0 Å². The van der Waals surface area contributed by atoms with Gasteiger partial charge in [-0.1, -0.05) is 48.5 Å². The van der Waals surface area contributed by atoms with E-state index >= 15 is 0 Å². The summed E-state index contributed by atoms with van der Waals surface area (Å²) in [6, 6.07) is 14.6. The Labute approximate surface area is 140 Å². The number of nitrogens with zero attached hydrogens (tertiary/aromatic N) is 1. The molecule has 0 unspecified atom stereocenters. The highest BCUT2D eigenvalue weighted by Gasteiger charge is 2.51. The van der Waals surface area contributed by atoms with Crippen LogP contribution in [0.5, 0.6) is 0 Å². The number of aliphatic hydroxyl groups is 4. The van der Waals surface area contributed by atoms with Gasteiger partial charge in [0.15, 0.2) is 0 Å². The molecule has 4 rings (SSSR count). The number of hydrogen-bond acceptors (Lipinski definition) is 5. The van der Waals surface area contributed by atoms with Gasteiger partial charge in [0.1, 0.15) is 0 Å². The van der Waals surface area contributed by atoms with Gasteiger partial charge in [-0.3, -0.25) is 4.90 Å². The van der Waals surface area contributed by atoms with Gasteiger partial charge in [0, 0.05) is 0 Å². The molecule has 5 nitrogen and oxygen atoms in total. The Kier molecular flexibility index (Phi) is 3.90. The van der Waals surface area contributed by atoms with Crippen LogP contribution in [0.15, 0.2) is 48.5 Å². The van der Waals surface area contributed by atoms with Crippen molar-refractivity contribution in [2.24, 2.45) is 0 Å². The Bertz CT molecular complexity index is 688. The van der Waals surface area contributed by atoms with Gasteiger partial charge in [0.2, 0.25) is 0 Å². The van der Waals surface area contributed by atoms with Crippen LogP contribution in [0.3, 0.4) is 0 Å². The maximum absolute atomic E-state index is 10.3. The second kappa shape index (κ2) is 5.95. The fraction of sp³-hybridized carbons (Fsp3) is 0.368. The second-order valence-electron chi connectivity index (χ2n) is 6.51. The molecule has 0 radical (unpaired) electrons. The summed E-state index contributed by atoms with van der Waals surface area (Å²) >= 11 is 0. The van der Waals surface area contributed by atoms with Crippen LogP contribution >= 0.6 is 0 Å². The second-order valence-corrected chi connectivity index (χ2v) is 6.51. The van der Waals surface area contributed by atoms with Crippen molar-refractivity contribution in [1.29, 1.82) is 0 Å². The predicted octanol–water partition coefficient (Wildman–Crippen LogP) is 0.516. The number of likely N-dealkylation sites (tertiary alicyclic amines) is 1. The molecule has 1 saturated heterocycles. The molecule has 0 aromatic heterocycles. The number of rotatable bonds is 3. The van der Waals surface area contributed by atoms with Gasteiger partial charge in [-0.2, -0.15) is 0 Å². The lowest BCUT2D eigenvalue weighted by Crippen LogP contribution is -2.45.